The van der Waals surface area contributed by atoms with Gasteiger partial charge in [0.15, 0.2) is 0 Å². The lowest BCUT2D eigenvalue weighted by Crippen LogP contribution is -3.00. The molecule has 0 bridgehead atoms. The summed E-state index contributed by atoms with van der Waals surface area (Å²) in [5.74, 6) is 0.484. The molecule has 2 aromatic carbocycles. The second kappa shape index (κ2) is 9.39. The molecule has 6 heteroatoms. The number of aliphatic hydroxyl groups is 1. The Hall–Kier alpha value is -1.33. The molecule has 0 aromatic heterocycles. The van der Waals surface area contributed by atoms with Gasteiger partial charge in [-0.1, -0.05) is 23.7 Å². The van der Waals surface area contributed by atoms with Crippen molar-refractivity contribution >= 4 is 11.6 Å². The fourth-order valence-corrected chi connectivity index (χ4v) is 2.96. The van der Waals surface area contributed by atoms with Gasteiger partial charge < -0.3 is 26.7 Å². The summed E-state index contributed by atoms with van der Waals surface area (Å²) < 4.78 is 19.3. The normalized spacial score (nSPS) is 12.4. The lowest BCUT2D eigenvalue weighted by atomic mass is 10.2. The van der Waals surface area contributed by atoms with Crippen molar-refractivity contribution < 1.29 is 31.1 Å². The number of nitrogens with zero attached hydrogens (tertiary/aromatic N) is 1. The Morgan fingerprint density at radius 1 is 1.16 bits per heavy atom. The molecule has 0 spiro atoms. The molecule has 0 saturated carbocycles. The summed E-state index contributed by atoms with van der Waals surface area (Å²) in [6.45, 7) is 3.37. The van der Waals surface area contributed by atoms with Crippen molar-refractivity contribution in [2.45, 2.75) is 19.6 Å². The van der Waals surface area contributed by atoms with Crippen molar-refractivity contribution in [3.8, 4) is 5.75 Å². The molecule has 0 saturated heterocycles. The van der Waals surface area contributed by atoms with Crippen molar-refractivity contribution in [1.29, 1.82) is 0 Å². The molecule has 0 heterocycles. The number of aliphatic hydroxyl groups excluding tert-OH is 1. The smallest absolute Gasteiger partial charge is 0.137 e. The number of ether oxygens (including phenoxy) is 1. The average molecular weight is 388 g/mol. The van der Waals surface area contributed by atoms with E-state index in [1.165, 1.54) is 12.1 Å². The minimum absolute atomic E-state index is 0. The predicted octanol–water partition coefficient (Wildman–Crippen LogP) is 0.808. The minimum Gasteiger partial charge on any atom is -1.00 e. The lowest BCUT2D eigenvalue weighted by Gasteiger charge is -2.32. The fourth-order valence-electron chi connectivity index (χ4n) is 2.73. The van der Waals surface area contributed by atoms with Gasteiger partial charge >= 0.3 is 0 Å². The zero-order chi connectivity index (χ0) is 17.7. The Morgan fingerprint density at radius 3 is 2.40 bits per heavy atom. The number of benzene rings is 2. The highest BCUT2D eigenvalue weighted by atomic mass is 35.5. The van der Waals surface area contributed by atoms with E-state index < -0.39 is 6.10 Å². The zero-order valence-electron chi connectivity index (χ0n) is 14.7. The Morgan fingerprint density at radius 2 is 1.80 bits per heavy atom. The average Bonchev–Trinajstić information content (AvgIpc) is 2.48. The summed E-state index contributed by atoms with van der Waals surface area (Å²) in [4.78, 5) is 0. The Labute approximate surface area is 160 Å². The van der Waals surface area contributed by atoms with E-state index in [-0.39, 0.29) is 24.8 Å². The summed E-state index contributed by atoms with van der Waals surface area (Å²) in [7, 11) is 4.06. The van der Waals surface area contributed by atoms with Crippen LogP contribution in [0, 0.1) is 12.7 Å². The molecule has 2 rings (SSSR count). The number of rotatable bonds is 7. The van der Waals surface area contributed by atoms with Crippen LogP contribution in [0.4, 0.5) is 4.39 Å². The molecule has 0 fully saturated rings. The van der Waals surface area contributed by atoms with Crippen molar-refractivity contribution in [2.24, 2.45) is 0 Å². The molecule has 0 radical (unpaired) electrons. The monoisotopic (exact) mass is 387 g/mol. The van der Waals surface area contributed by atoms with E-state index in [1.54, 1.807) is 18.2 Å². The second-order valence-corrected chi connectivity index (χ2v) is 7.21. The van der Waals surface area contributed by atoms with E-state index in [2.05, 4.69) is 0 Å². The van der Waals surface area contributed by atoms with Gasteiger partial charge in [0.05, 0.1) is 14.1 Å². The molecule has 0 aliphatic carbocycles. The van der Waals surface area contributed by atoms with Gasteiger partial charge in [0, 0.05) is 10.6 Å². The summed E-state index contributed by atoms with van der Waals surface area (Å²) >= 11 is 5.92. The van der Waals surface area contributed by atoms with Crippen molar-refractivity contribution in [1.82, 2.24) is 0 Å². The van der Waals surface area contributed by atoms with E-state index in [0.29, 0.717) is 22.6 Å². The highest BCUT2D eigenvalue weighted by Gasteiger charge is 2.22. The molecular formula is C19H24Cl2FNO2. The molecule has 1 atom stereocenters. The van der Waals surface area contributed by atoms with Crippen LogP contribution in [0.15, 0.2) is 42.5 Å². The standard InChI is InChI=1S/C19H24ClFNO2.ClH/c1-14-10-16(20)6-9-19(14)24-13-18(23)12-22(2,3)11-15-4-7-17(21)8-5-15;/h4-10,18,23H,11-13H2,1-3H3;1H/q+1;/p-1. The van der Waals surface area contributed by atoms with Gasteiger partial charge in [-0.2, -0.15) is 0 Å². The van der Waals surface area contributed by atoms with Crippen LogP contribution in [-0.2, 0) is 6.54 Å². The van der Waals surface area contributed by atoms with E-state index in [9.17, 15) is 9.50 Å². The van der Waals surface area contributed by atoms with Crippen LogP contribution in [0.2, 0.25) is 5.02 Å². The summed E-state index contributed by atoms with van der Waals surface area (Å²) in [5.41, 5.74) is 1.97. The van der Waals surface area contributed by atoms with Crippen LogP contribution in [0.1, 0.15) is 11.1 Å². The first kappa shape index (κ1) is 21.7. The number of quaternary nitrogens is 1. The third-order valence-electron chi connectivity index (χ3n) is 3.80. The molecule has 2 aromatic rings. The SMILES string of the molecule is Cc1cc(Cl)ccc1OCC(O)C[N+](C)(C)Cc1ccc(F)cc1.[Cl-]. The first-order chi connectivity index (χ1) is 11.2. The van der Waals surface area contributed by atoms with Crippen LogP contribution in [0.5, 0.6) is 5.75 Å². The van der Waals surface area contributed by atoms with E-state index >= 15 is 0 Å². The van der Waals surface area contributed by atoms with Crippen molar-refractivity contribution in [3.63, 3.8) is 0 Å². The topological polar surface area (TPSA) is 29.5 Å². The molecule has 0 aliphatic heterocycles. The molecule has 138 valence electrons. The lowest BCUT2D eigenvalue weighted by molar-refractivity contribution is -0.906. The zero-order valence-corrected chi connectivity index (χ0v) is 16.2. The van der Waals surface area contributed by atoms with Crippen LogP contribution in [-0.4, -0.2) is 42.9 Å². The summed E-state index contributed by atoms with van der Waals surface area (Å²) in [5, 5.41) is 11.0. The maximum atomic E-state index is 13.0. The van der Waals surface area contributed by atoms with E-state index in [0.717, 1.165) is 16.9 Å². The van der Waals surface area contributed by atoms with Gasteiger partial charge in [-0.25, -0.2) is 4.39 Å². The van der Waals surface area contributed by atoms with Gasteiger partial charge in [-0.05, 0) is 42.8 Å². The van der Waals surface area contributed by atoms with E-state index in [1.807, 2.05) is 33.2 Å². The van der Waals surface area contributed by atoms with Crippen molar-refractivity contribution in [3.05, 3.63) is 64.4 Å². The number of hydrogen-bond acceptors (Lipinski definition) is 2. The van der Waals surface area contributed by atoms with E-state index in [4.69, 9.17) is 16.3 Å². The van der Waals surface area contributed by atoms with Gasteiger partial charge in [0.2, 0.25) is 0 Å². The first-order valence-electron chi connectivity index (χ1n) is 7.89. The second-order valence-electron chi connectivity index (χ2n) is 6.78. The summed E-state index contributed by atoms with van der Waals surface area (Å²) in [6, 6.07) is 11.9. The molecule has 25 heavy (non-hydrogen) atoms. The van der Waals surface area contributed by atoms with Crippen LogP contribution in [0.25, 0.3) is 0 Å². The highest BCUT2D eigenvalue weighted by molar-refractivity contribution is 6.30. The number of likely N-dealkylation sites (N-methyl/N-ethyl adjacent to an activating group) is 1. The van der Waals surface area contributed by atoms with Gasteiger partial charge in [0.1, 0.15) is 37.4 Å². The molecular weight excluding hydrogens is 364 g/mol. The molecule has 0 amide bonds. The third kappa shape index (κ3) is 7.20. The quantitative estimate of drug-likeness (QED) is 0.712. The first-order valence-corrected chi connectivity index (χ1v) is 8.26. The van der Waals surface area contributed by atoms with Crippen molar-refractivity contribution in [2.75, 3.05) is 27.2 Å². The predicted molar refractivity (Wildman–Crippen MR) is 94.8 cm³/mol. The Bertz CT molecular complexity index is 678. The summed E-state index contributed by atoms with van der Waals surface area (Å²) in [6.07, 6.45) is -0.601. The van der Waals surface area contributed by atoms with Gasteiger partial charge in [-0.3, -0.25) is 0 Å². The number of halogens is 3. The largest absolute Gasteiger partial charge is 1.00 e. The maximum Gasteiger partial charge on any atom is 0.137 e. The molecule has 3 nitrogen and oxygen atoms in total. The number of hydrogen-bond donors (Lipinski definition) is 1. The van der Waals surface area contributed by atoms with Crippen LogP contribution >= 0.6 is 11.6 Å². The maximum absolute atomic E-state index is 13.0. The third-order valence-corrected chi connectivity index (χ3v) is 4.03. The van der Waals surface area contributed by atoms with Gasteiger partial charge in [0.25, 0.3) is 0 Å². The highest BCUT2D eigenvalue weighted by Crippen LogP contribution is 2.22. The molecule has 0 aliphatic rings. The Balaban J connectivity index is 0.00000312. The Kier molecular flexibility index (Phi) is 8.16. The number of aryl methyl sites for hydroxylation is 1. The van der Waals surface area contributed by atoms with Crippen LogP contribution in [0.3, 0.4) is 0 Å². The van der Waals surface area contributed by atoms with Gasteiger partial charge in [-0.15, -0.1) is 0 Å². The molecule has 1 unspecified atom stereocenters. The van der Waals surface area contributed by atoms with Crippen LogP contribution < -0.4 is 17.1 Å². The minimum atomic E-state index is -0.601. The fraction of sp³-hybridized carbons (Fsp3) is 0.368. The molecule has 1 N–H and O–H groups in total.